The quantitative estimate of drug-likeness (QED) is 0.637. The van der Waals surface area contributed by atoms with E-state index in [0.29, 0.717) is 50.6 Å². The van der Waals surface area contributed by atoms with Gasteiger partial charge in [-0.15, -0.1) is 0 Å². The number of piperidine rings is 1. The summed E-state index contributed by atoms with van der Waals surface area (Å²) in [6.45, 7) is 1.69. The molecule has 1 saturated heterocycles. The molecule has 0 bridgehead atoms. The molecule has 0 aliphatic carbocycles. The third kappa shape index (κ3) is 3.57. The van der Waals surface area contributed by atoms with Crippen LogP contribution in [-0.4, -0.2) is 50.1 Å². The predicted octanol–water partition coefficient (Wildman–Crippen LogP) is 3.24. The third-order valence-corrected chi connectivity index (χ3v) is 7.34. The number of sulfonamides is 1. The van der Waals surface area contributed by atoms with Gasteiger partial charge in [-0.3, -0.25) is 4.98 Å². The van der Waals surface area contributed by atoms with Crippen molar-refractivity contribution in [3.05, 3.63) is 54.7 Å². The number of para-hydroxylation sites is 1. The van der Waals surface area contributed by atoms with E-state index in [1.54, 1.807) is 24.4 Å². The van der Waals surface area contributed by atoms with Crippen LogP contribution in [0.4, 0.5) is 0 Å². The van der Waals surface area contributed by atoms with Gasteiger partial charge >= 0.3 is 0 Å². The molecule has 0 radical (unpaired) electrons. The van der Waals surface area contributed by atoms with Crippen LogP contribution >= 0.6 is 0 Å². The van der Waals surface area contributed by atoms with Gasteiger partial charge in [-0.05, 0) is 37.1 Å². The van der Waals surface area contributed by atoms with Crippen LogP contribution in [0.1, 0.15) is 12.8 Å². The van der Waals surface area contributed by atoms with Crippen LogP contribution in [0.2, 0.25) is 0 Å². The Hall–Kier alpha value is -2.84. The van der Waals surface area contributed by atoms with Crippen molar-refractivity contribution in [3.8, 4) is 17.2 Å². The molecule has 0 saturated carbocycles. The summed E-state index contributed by atoms with van der Waals surface area (Å²) in [6, 6.07) is 14.5. The minimum absolute atomic E-state index is 0.0516. The van der Waals surface area contributed by atoms with E-state index in [-0.39, 0.29) is 11.0 Å². The summed E-state index contributed by atoms with van der Waals surface area (Å²) in [7, 11) is -3.60. The van der Waals surface area contributed by atoms with Crippen molar-refractivity contribution >= 4 is 20.9 Å². The minimum atomic E-state index is -3.60. The van der Waals surface area contributed by atoms with E-state index in [1.807, 2.05) is 30.3 Å². The summed E-state index contributed by atoms with van der Waals surface area (Å²) in [5.74, 6) is 1.79. The highest BCUT2D eigenvalue weighted by atomic mass is 32.2. The molecule has 0 N–H and O–H groups in total. The first-order chi connectivity index (χ1) is 14.6. The van der Waals surface area contributed by atoms with Crippen LogP contribution < -0.4 is 14.2 Å². The lowest BCUT2D eigenvalue weighted by Crippen LogP contribution is -2.41. The van der Waals surface area contributed by atoms with Crippen molar-refractivity contribution in [1.82, 2.24) is 9.29 Å². The number of ether oxygens (including phenoxy) is 3. The summed E-state index contributed by atoms with van der Waals surface area (Å²) in [5.41, 5.74) is 0.825. The van der Waals surface area contributed by atoms with Gasteiger partial charge in [-0.25, -0.2) is 8.42 Å². The first-order valence-electron chi connectivity index (χ1n) is 10.0. The molecule has 0 spiro atoms. The Kier molecular flexibility index (Phi) is 4.96. The largest absolute Gasteiger partial charge is 0.488 e. The molecule has 0 unspecified atom stereocenters. The second-order valence-electron chi connectivity index (χ2n) is 7.36. The number of nitrogens with zero attached hydrogens (tertiary/aromatic N) is 2. The van der Waals surface area contributed by atoms with Crippen molar-refractivity contribution in [3.63, 3.8) is 0 Å². The van der Waals surface area contributed by atoms with E-state index in [2.05, 4.69) is 4.98 Å². The maximum absolute atomic E-state index is 13.1. The number of hydrogen-bond donors (Lipinski definition) is 0. The van der Waals surface area contributed by atoms with E-state index in [9.17, 15) is 8.42 Å². The van der Waals surface area contributed by atoms with Crippen molar-refractivity contribution in [2.75, 3.05) is 26.3 Å². The van der Waals surface area contributed by atoms with Crippen LogP contribution in [0.3, 0.4) is 0 Å². The van der Waals surface area contributed by atoms with E-state index in [4.69, 9.17) is 14.2 Å². The normalized spacial score (nSPS) is 17.7. The Bertz CT molecular complexity index is 1170. The highest BCUT2D eigenvalue weighted by molar-refractivity contribution is 7.89. The zero-order valence-corrected chi connectivity index (χ0v) is 17.2. The molecular weight excluding hydrogens is 404 g/mol. The lowest BCUT2D eigenvalue weighted by Gasteiger charge is -2.31. The maximum Gasteiger partial charge on any atom is 0.243 e. The summed E-state index contributed by atoms with van der Waals surface area (Å²) < 4.78 is 44.9. The summed E-state index contributed by atoms with van der Waals surface area (Å²) in [4.78, 5) is 4.65. The number of aromatic nitrogens is 1. The first-order valence-corrected chi connectivity index (χ1v) is 11.5. The lowest BCUT2D eigenvalue weighted by atomic mass is 10.1. The van der Waals surface area contributed by atoms with E-state index in [0.717, 1.165) is 16.7 Å². The van der Waals surface area contributed by atoms with Crippen LogP contribution in [-0.2, 0) is 10.0 Å². The fourth-order valence-corrected chi connectivity index (χ4v) is 5.36. The Balaban J connectivity index is 1.28. The number of pyridine rings is 1. The molecule has 3 aromatic rings. The average molecular weight is 426 g/mol. The smallest absolute Gasteiger partial charge is 0.243 e. The fraction of sp³-hybridized carbons (Fsp3) is 0.318. The molecule has 7 nitrogen and oxygen atoms in total. The molecule has 2 aliphatic heterocycles. The molecule has 2 aliphatic rings. The molecule has 30 heavy (non-hydrogen) atoms. The molecule has 1 aromatic heterocycles. The SMILES string of the molecule is O=S(=O)(c1ccc2c(c1)OCCO2)N1CCC(Oc2cccc3cccnc23)CC1. The molecule has 1 fully saturated rings. The average Bonchev–Trinajstić information content (AvgIpc) is 2.79. The molecule has 8 heteroatoms. The Morgan fingerprint density at radius 1 is 0.967 bits per heavy atom. The van der Waals surface area contributed by atoms with Crippen molar-refractivity contribution in [2.45, 2.75) is 23.8 Å². The first kappa shape index (κ1) is 19.1. The summed E-state index contributed by atoms with van der Waals surface area (Å²) in [5, 5.41) is 1.02. The second kappa shape index (κ2) is 7.77. The van der Waals surface area contributed by atoms with Crippen LogP contribution in [0.25, 0.3) is 10.9 Å². The Labute approximate surface area is 175 Å². The molecule has 3 heterocycles. The van der Waals surface area contributed by atoms with E-state index in [1.165, 1.54) is 4.31 Å². The summed E-state index contributed by atoms with van der Waals surface area (Å²) >= 11 is 0. The monoisotopic (exact) mass is 426 g/mol. The summed E-state index contributed by atoms with van der Waals surface area (Å²) in [6.07, 6.45) is 2.93. The molecule has 2 aromatic carbocycles. The zero-order chi connectivity index (χ0) is 20.6. The Morgan fingerprint density at radius 3 is 2.57 bits per heavy atom. The van der Waals surface area contributed by atoms with Gasteiger partial charge in [0.05, 0.1) is 4.90 Å². The van der Waals surface area contributed by atoms with Gasteiger partial charge in [0.25, 0.3) is 0 Å². The number of hydrogen-bond acceptors (Lipinski definition) is 6. The van der Waals surface area contributed by atoms with Crippen LogP contribution in [0.5, 0.6) is 17.2 Å². The Morgan fingerprint density at radius 2 is 1.73 bits per heavy atom. The van der Waals surface area contributed by atoms with Gasteiger partial charge in [-0.1, -0.05) is 18.2 Å². The third-order valence-electron chi connectivity index (χ3n) is 5.44. The second-order valence-corrected chi connectivity index (χ2v) is 9.30. The highest BCUT2D eigenvalue weighted by Crippen LogP contribution is 2.34. The van der Waals surface area contributed by atoms with Gasteiger partial charge < -0.3 is 14.2 Å². The zero-order valence-electron chi connectivity index (χ0n) is 16.4. The van der Waals surface area contributed by atoms with Crippen molar-refractivity contribution in [1.29, 1.82) is 0 Å². The predicted molar refractivity (Wildman–Crippen MR) is 112 cm³/mol. The van der Waals surface area contributed by atoms with Gasteiger partial charge in [0, 0.05) is 30.7 Å². The molecule has 0 amide bonds. The molecule has 0 atom stereocenters. The molecule has 5 rings (SSSR count). The van der Waals surface area contributed by atoms with Gasteiger partial charge in [0.1, 0.15) is 30.6 Å². The van der Waals surface area contributed by atoms with Gasteiger partial charge in [0.2, 0.25) is 10.0 Å². The van der Waals surface area contributed by atoms with Crippen LogP contribution in [0.15, 0.2) is 59.6 Å². The van der Waals surface area contributed by atoms with Gasteiger partial charge in [-0.2, -0.15) is 4.31 Å². The lowest BCUT2D eigenvalue weighted by molar-refractivity contribution is 0.136. The number of rotatable bonds is 4. The van der Waals surface area contributed by atoms with Crippen LogP contribution in [0, 0.1) is 0 Å². The number of benzene rings is 2. The molecule has 156 valence electrons. The topological polar surface area (TPSA) is 78.0 Å². The van der Waals surface area contributed by atoms with Crippen molar-refractivity contribution < 1.29 is 22.6 Å². The maximum atomic E-state index is 13.1. The fourth-order valence-electron chi connectivity index (χ4n) is 3.87. The van der Waals surface area contributed by atoms with Crippen molar-refractivity contribution in [2.24, 2.45) is 0 Å². The van der Waals surface area contributed by atoms with E-state index >= 15 is 0 Å². The number of fused-ring (bicyclic) bond motifs is 2. The molecular formula is C22H22N2O5S. The standard InChI is InChI=1S/C22H22N2O5S/c25-30(26,18-6-7-19-21(15-18)28-14-13-27-19)24-11-8-17(9-12-24)29-20-5-1-3-16-4-2-10-23-22(16)20/h1-7,10,15,17H,8-9,11-14H2. The van der Waals surface area contributed by atoms with E-state index < -0.39 is 10.0 Å². The minimum Gasteiger partial charge on any atom is -0.488 e. The highest BCUT2D eigenvalue weighted by Gasteiger charge is 2.31. The van der Waals surface area contributed by atoms with Gasteiger partial charge in [0.15, 0.2) is 11.5 Å².